The molecule has 3 rings (SSSR count). The van der Waals surface area contributed by atoms with Crippen molar-refractivity contribution in [2.24, 2.45) is 0 Å². The molecule has 3 amide bonds. The molecule has 0 fully saturated rings. The van der Waals surface area contributed by atoms with Gasteiger partial charge in [-0.05, 0) is 60.0 Å². The molecule has 0 aliphatic carbocycles. The van der Waals surface area contributed by atoms with Gasteiger partial charge in [-0.25, -0.2) is 9.59 Å². The van der Waals surface area contributed by atoms with Gasteiger partial charge in [0.2, 0.25) is 5.91 Å². The number of esters is 1. The highest BCUT2D eigenvalue weighted by molar-refractivity contribution is 7.45. The van der Waals surface area contributed by atoms with E-state index >= 15 is 0 Å². The summed E-state index contributed by atoms with van der Waals surface area (Å²) < 4.78 is 27.2. The molecule has 3 aromatic rings. The number of ether oxygens (including phenoxy) is 1. The normalized spacial score (nSPS) is 12.5. The number of nitrogens with zero attached hydrogens (tertiary/aromatic N) is 1. The number of phosphoric acid groups is 1. The number of quaternary nitrogens is 1. The summed E-state index contributed by atoms with van der Waals surface area (Å²) in [6, 6.07) is 19.0. The van der Waals surface area contributed by atoms with Crippen LogP contribution in [0.25, 0.3) is 0 Å². The lowest BCUT2D eigenvalue weighted by Crippen LogP contribution is -2.37. The van der Waals surface area contributed by atoms with Crippen molar-refractivity contribution in [1.29, 1.82) is 0 Å². The number of carbonyl (C=O) groups is 3. The van der Waals surface area contributed by atoms with E-state index in [1.165, 1.54) is 19.1 Å². The first-order valence-electron chi connectivity index (χ1n) is 14.2. The molecule has 242 valence electrons. The topological polar surface area (TPSA) is 167 Å². The van der Waals surface area contributed by atoms with E-state index in [-0.39, 0.29) is 24.7 Å². The van der Waals surface area contributed by atoms with Crippen molar-refractivity contribution in [1.82, 2.24) is 0 Å². The number of hydrogen-bond acceptors (Lipinski definition) is 9. The van der Waals surface area contributed by atoms with Gasteiger partial charge >= 0.3 is 12.0 Å². The first kappa shape index (κ1) is 35.2. The van der Waals surface area contributed by atoms with Crippen molar-refractivity contribution >= 4 is 48.5 Å². The molecule has 0 heterocycles. The van der Waals surface area contributed by atoms with Gasteiger partial charge < -0.3 is 44.4 Å². The number of hydrogen-bond donors (Lipinski definition) is 4. The van der Waals surface area contributed by atoms with Crippen LogP contribution in [0.15, 0.2) is 66.7 Å². The summed E-state index contributed by atoms with van der Waals surface area (Å²) in [4.78, 5) is 48.4. The fraction of sp³-hybridized carbons (Fsp3) is 0.323. The quantitative estimate of drug-likeness (QED) is 0.0819. The number of phosphoric ester groups is 1. The Hall–Kier alpha value is -4.26. The molecule has 13 nitrogen and oxygen atoms in total. The SMILES string of the molecule is CNc1cc(NC(=O)Nc2ccc(Cc3ccc(NC(C)=O)cc3)cc2)cc(C(=O)OCCOP(=O)([O-])OCC[N+](C)(C)C)c1. The summed E-state index contributed by atoms with van der Waals surface area (Å²) in [6.07, 6.45) is 0.676. The predicted octanol–water partition coefficient (Wildman–Crippen LogP) is 4.29. The zero-order chi connectivity index (χ0) is 33.0. The van der Waals surface area contributed by atoms with Crippen LogP contribution in [0.1, 0.15) is 28.4 Å². The highest BCUT2D eigenvalue weighted by Crippen LogP contribution is 2.37. The van der Waals surface area contributed by atoms with Crippen molar-refractivity contribution < 1.29 is 42.1 Å². The molecule has 4 N–H and O–H groups in total. The Morgan fingerprint density at radius 3 is 1.84 bits per heavy atom. The number of anilines is 4. The molecule has 0 bridgehead atoms. The molecule has 0 aromatic heterocycles. The molecule has 0 spiro atoms. The second kappa shape index (κ2) is 16.2. The monoisotopic (exact) mass is 641 g/mol. The van der Waals surface area contributed by atoms with E-state index in [2.05, 4.69) is 21.3 Å². The first-order chi connectivity index (χ1) is 21.2. The van der Waals surface area contributed by atoms with Gasteiger partial charge in [-0.1, -0.05) is 24.3 Å². The Kier molecular flexibility index (Phi) is 12.7. The molecule has 0 aliphatic rings. The number of benzene rings is 3. The molecule has 3 aromatic carbocycles. The number of carbonyl (C=O) groups excluding carboxylic acids is 3. The summed E-state index contributed by atoms with van der Waals surface area (Å²) in [5.41, 5.74) is 4.41. The Morgan fingerprint density at radius 1 is 0.756 bits per heavy atom. The van der Waals surface area contributed by atoms with Crippen molar-refractivity contribution in [3.05, 3.63) is 83.4 Å². The van der Waals surface area contributed by atoms with Crippen molar-refractivity contribution in [2.75, 3.05) is 75.8 Å². The van der Waals surface area contributed by atoms with Gasteiger partial charge in [0.05, 0.1) is 33.3 Å². The van der Waals surface area contributed by atoms with Crippen LogP contribution in [0.2, 0.25) is 0 Å². The number of amides is 3. The van der Waals surface area contributed by atoms with Gasteiger partial charge in [-0.2, -0.15) is 0 Å². The maximum atomic E-state index is 12.7. The largest absolute Gasteiger partial charge is 0.756 e. The molecule has 0 saturated carbocycles. The fourth-order valence-electron chi connectivity index (χ4n) is 3.94. The Bertz CT molecular complexity index is 1510. The van der Waals surface area contributed by atoms with Crippen molar-refractivity contribution in [3.8, 4) is 0 Å². The van der Waals surface area contributed by atoms with E-state index in [4.69, 9.17) is 13.8 Å². The van der Waals surface area contributed by atoms with E-state index < -0.39 is 26.4 Å². The second-order valence-electron chi connectivity index (χ2n) is 11.1. The van der Waals surface area contributed by atoms with Gasteiger partial charge in [0.15, 0.2) is 0 Å². The molecular formula is C31H40N5O8P. The van der Waals surface area contributed by atoms with Crippen molar-refractivity contribution in [3.63, 3.8) is 0 Å². The van der Waals surface area contributed by atoms with Crippen molar-refractivity contribution in [2.45, 2.75) is 13.3 Å². The Balaban J connectivity index is 1.50. The van der Waals surface area contributed by atoms with E-state index in [1.54, 1.807) is 25.2 Å². The minimum Gasteiger partial charge on any atom is -0.756 e. The average Bonchev–Trinajstić information content (AvgIpc) is 2.96. The molecule has 0 saturated heterocycles. The summed E-state index contributed by atoms with van der Waals surface area (Å²) >= 11 is 0. The summed E-state index contributed by atoms with van der Waals surface area (Å²) in [7, 11) is 2.83. The highest BCUT2D eigenvalue weighted by atomic mass is 31.2. The smallest absolute Gasteiger partial charge is 0.338 e. The van der Waals surface area contributed by atoms with Crippen LogP contribution < -0.4 is 26.2 Å². The molecule has 1 unspecified atom stereocenters. The van der Waals surface area contributed by atoms with Crippen LogP contribution in [0.4, 0.5) is 27.5 Å². The molecule has 45 heavy (non-hydrogen) atoms. The van der Waals surface area contributed by atoms with Crippen LogP contribution in [-0.4, -0.2) is 76.9 Å². The maximum Gasteiger partial charge on any atom is 0.338 e. The van der Waals surface area contributed by atoms with Crippen LogP contribution >= 0.6 is 7.82 Å². The lowest BCUT2D eigenvalue weighted by atomic mass is 10.0. The van der Waals surface area contributed by atoms with Gasteiger partial charge in [-0.3, -0.25) is 9.36 Å². The maximum absolute atomic E-state index is 12.7. The third-order valence-corrected chi connectivity index (χ3v) is 7.18. The molecule has 1 atom stereocenters. The molecule has 14 heteroatoms. The van der Waals surface area contributed by atoms with Crippen LogP contribution in [0, 0.1) is 0 Å². The van der Waals surface area contributed by atoms with Gasteiger partial charge in [0, 0.05) is 36.7 Å². The minimum absolute atomic E-state index is 0.0343. The van der Waals surface area contributed by atoms with Gasteiger partial charge in [0.1, 0.15) is 19.8 Å². The third kappa shape index (κ3) is 13.1. The summed E-state index contributed by atoms with van der Waals surface area (Å²) in [5, 5.41) is 11.1. The minimum atomic E-state index is -4.53. The van der Waals surface area contributed by atoms with Gasteiger partial charge in [-0.15, -0.1) is 0 Å². The van der Waals surface area contributed by atoms with E-state index in [0.29, 0.717) is 34.5 Å². The molecular weight excluding hydrogens is 601 g/mol. The lowest BCUT2D eigenvalue weighted by Gasteiger charge is -2.27. The lowest BCUT2D eigenvalue weighted by molar-refractivity contribution is -0.870. The van der Waals surface area contributed by atoms with Crippen LogP contribution in [-0.2, 0) is 29.6 Å². The number of urea groups is 1. The summed E-state index contributed by atoms with van der Waals surface area (Å²) in [5.74, 6) is -0.856. The second-order valence-corrected chi connectivity index (χ2v) is 12.6. The number of likely N-dealkylation sites (N-methyl/N-ethyl adjacent to an activating group) is 1. The first-order valence-corrected chi connectivity index (χ1v) is 15.6. The third-order valence-electron chi connectivity index (χ3n) is 6.19. The number of nitrogens with one attached hydrogen (secondary N) is 4. The molecule has 0 radical (unpaired) electrons. The zero-order valence-corrected chi connectivity index (χ0v) is 26.9. The molecule has 0 aliphatic heterocycles. The van der Waals surface area contributed by atoms with E-state index in [1.807, 2.05) is 57.5 Å². The standard InChI is InChI=1S/C31H40N5O8P/c1-22(37)33-26-10-6-23(7-11-26)18-24-8-12-27(13-9-24)34-31(39)35-29-20-25(19-28(21-29)32-2)30(38)42-16-17-44-45(40,41)43-15-14-36(3,4)5/h6-13,19-21,32H,14-18H2,1-5H3,(H3-,33,34,35,37,39,40,41). The Labute approximate surface area is 263 Å². The number of rotatable bonds is 15. The van der Waals surface area contributed by atoms with Crippen LogP contribution in [0.5, 0.6) is 0 Å². The highest BCUT2D eigenvalue weighted by Gasteiger charge is 2.15. The van der Waals surface area contributed by atoms with E-state index in [0.717, 1.165) is 16.8 Å². The van der Waals surface area contributed by atoms with Crippen LogP contribution in [0.3, 0.4) is 0 Å². The van der Waals surface area contributed by atoms with Gasteiger partial charge in [0.25, 0.3) is 7.82 Å². The average molecular weight is 642 g/mol. The summed E-state index contributed by atoms with van der Waals surface area (Å²) in [6.45, 7) is 1.16. The zero-order valence-electron chi connectivity index (χ0n) is 26.0. The van der Waals surface area contributed by atoms with E-state index in [9.17, 15) is 23.8 Å². The fourth-order valence-corrected chi connectivity index (χ4v) is 4.61. The Morgan fingerprint density at radius 2 is 1.29 bits per heavy atom. The predicted molar refractivity (Wildman–Crippen MR) is 171 cm³/mol.